The van der Waals surface area contributed by atoms with Crippen LogP contribution >= 0.6 is 11.8 Å². The Balaban J connectivity index is 1.80. The van der Waals surface area contributed by atoms with Gasteiger partial charge in [0.25, 0.3) is 5.56 Å². The molecule has 30 heavy (non-hydrogen) atoms. The van der Waals surface area contributed by atoms with E-state index in [1.54, 1.807) is 30.3 Å². The number of thioether (sulfide) groups is 1. The van der Waals surface area contributed by atoms with Crippen LogP contribution < -0.4 is 5.56 Å². The van der Waals surface area contributed by atoms with Crippen molar-refractivity contribution >= 4 is 22.7 Å². The van der Waals surface area contributed by atoms with Crippen molar-refractivity contribution < 1.29 is 13.2 Å². The van der Waals surface area contributed by atoms with Crippen molar-refractivity contribution in [2.24, 2.45) is 0 Å². The highest BCUT2D eigenvalue weighted by Gasteiger charge is 2.30. The van der Waals surface area contributed by atoms with Crippen molar-refractivity contribution in [3.8, 4) is 5.69 Å². The number of halogens is 3. The summed E-state index contributed by atoms with van der Waals surface area (Å²) in [4.78, 5) is 17.9. The fourth-order valence-corrected chi connectivity index (χ4v) is 4.17. The molecule has 152 valence electrons. The van der Waals surface area contributed by atoms with Crippen LogP contribution in [0.2, 0.25) is 0 Å². The predicted octanol–water partition coefficient (Wildman–Crippen LogP) is 6.01. The molecule has 3 aromatic carbocycles. The van der Waals surface area contributed by atoms with E-state index in [4.69, 9.17) is 0 Å². The third-order valence-corrected chi connectivity index (χ3v) is 5.73. The molecule has 0 radical (unpaired) electrons. The summed E-state index contributed by atoms with van der Waals surface area (Å²) in [5.41, 5.74) is 1.77. The number of nitrogens with zero attached hydrogens (tertiary/aromatic N) is 2. The van der Waals surface area contributed by atoms with Gasteiger partial charge in [0, 0.05) is 5.75 Å². The molecule has 0 aliphatic heterocycles. The van der Waals surface area contributed by atoms with Crippen LogP contribution in [0.1, 0.15) is 16.7 Å². The molecule has 4 aromatic rings. The summed E-state index contributed by atoms with van der Waals surface area (Å²) in [7, 11) is 0. The van der Waals surface area contributed by atoms with Crippen molar-refractivity contribution in [1.82, 2.24) is 9.55 Å². The number of alkyl halides is 3. The Morgan fingerprint density at radius 3 is 2.47 bits per heavy atom. The number of benzene rings is 3. The maximum atomic E-state index is 13.3. The molecule has 0 saturated carbocycles. The summed E-state index contributed by atoms with van der Waals surface area (Å²) in [5.74, 6) is 0.251. The molecule has 0 aliphatic carbocycles. The van der Waals surface area contributed by atoms with Crippen LogP contribution in [-0.2, 0) is 11.9 Å². The zero-order valence-corrected chi connectivity index (χ0v) is 16.8. The molecule has 0 spiro atoms. The van der Waals surface area contributed by atoms with Crippen LogP contribution in [0.5, 0.6) is 0 Å². The van der Waals surface area contributed by atoms with E-state index >= 15 is 0 Å². The third-order valence-electron chi connectivity index (χ3n) is 4.72. The van der Waals surface area contributed by atoms with Gasteiger partial charge >= 0.3 is 6.18 Å². The summed E-state index contributed by atoms with van der Waals surface area (Å²) in [6, 6.07) is 19.7. The molecular formula is C23H17F3N2OS. The summed E-state index contributed by atoms with van der Waals surface area (Å²) in [5, 5.41) is 0.926. The summed E-state index contributed by atoms with van der Waals surface area (Å²) in [6.45, 7) is 1.90. The molecule has 0 bridgehead atoms. The lowest BCUT2D eigenvalue weighted by Gasteiger charge is -2.15. The zero-order chi connectivity index (χ0) is 21.3. The standard InChI is InChI=1S/C23H17F3N2OS/c1-15-7-2-5-12-20(15)28-21(29)18-10-3-4-11-19(18)27-22(28)30-14-16-8-6-9-17(13-16)23(24,25)26/h2-13H,14H2,1H3. The number of aryl methyl sites for hydroxylation is 1. The second-order valence-corrected chi connectivity index (χ2v) is 7.77. The number of rotatable bonds is 4. The van der Waals surface area contributed by atoms with Gasteiger partial charge in [-0.25, -0.2) is 4.98 Å². The highest BCUT2D eigenvalue weighted by atomic mass is 32.2. The summed E-state index contributed by atoms with van der Waals surface area (Å²) >= 11 is 1.24. The van der Waals surface area contributed by atoms with Crippen LogP contribution in [0.4, 0.5) is 13.2 Å². The second kappa shape index (κ2) is 7.99. The lowest BCUT2D eigenvalue weighted by molar-refractivity contribution is -0.137. The molecule has 1 heterocycles. The van der Waals surface area contributed by atoms with Gasteiger partial charge in [0.15, 0.2) is 5.16 Å². The summed E-state index contributed by atoms with van der Waals surface area (Å²) in [6.07, 6.45) is -4.40. The molecule has 7 heteroatoms. The number of aromatic nitrogens is 2. The molecule has 0 unspecified atom stereocenters. The van der Waals surface area contributed by atoms with Crippen LogP contribution in [0, 0.1) is 6.92 Å². The normalized spacial score (nSPS) is 11.7. The number of fused-ring (bicyclic) bond motifs is 1. The molecule has 0 atom stereocenters. The van der Waals surface area contributed by atoms with E-state index < -0.39 is 11.7 Å². The van der Waals surface area contributed by atoms with Gasteiger partial charge in [0.2, 0.25) is 0 Å². The topological polar surface area (TPSA) is 34.9 Å². The monoisotopic (exact) mass is 426 g/mol. The quantitative estimate of drug-likeness (QED) is 0.296. The maximum absolute atomic E-state index is 13.3. The van der Waals surface area contributed by atoms with Crippen LogP contribution in [-0.4, -0.2) is 9.55 Å². The first-order chi connectivity index (χ1) is 14.3. The van der Waals surface area contributed by atoms with Crippen molar-refractivity contribution in [2.75, 3.05) is 0 Å². The van der Waals surface area contributed by atoms with Gasteiger partial charge < -0.3 is 0 Å². The molecule has 0 aliphatic rings. The number of para-hydroxylation sites is 2. The Hall–Kier alpha value is -3.06. The minimum Gasteiger partial charge on any atom is -0.268 e. The maximum Gasteiger partial charge on any atom is 0.416 e. The van der Waals surface area contributed by atoms with E-state index in [1.165, 1.54) is 22.4 Å². The van der Waals surface area contributed by atoms with E-state index in [0.717, 1.165) is 17.7 Å². The second-order valence-electron chi connectivity index (χ2n) is 6.83. The van der Waals surface area contributed by atoms with Gasteiger partial charge in [-0.05, 0) is 42.3 Å². The first-order valence-electron chi connectivity index (χ1n) is 9.21. The highest BCUT2D eigenvalue weighted by molar-refractivity contribution is 7.98. The SMILES string of the molecule is Cc1ccccc1-n1c(SCc2cccc(C(F)(F)F)c2)nc2ccccc2c1=O. The molecule has 0 fully saturated rings. The molecule has 4 rings (SSSR count). The first-order valence-corrected chi connectivity index (χ1v) is 10.2. The number of hydrogen-bond donors (Lipinski definition) is 0. The smallest absolute Gasteiger partial charge is 0.268 e. The highest BCUT2D eigenvalue weighted by Crippen LogP contribution is 2.31. The van der Waals surface area contributed by atoms with E-state index in [2.05, 4.69) is 4.98 Å². The fourth-order valence-electron chi connectivity index (χ4n) is 3.22. The Kier molecular flexibility index (Phi) is 5.39. The van der Waals surface area contributed by atoms with Crippen LogP contribution in [0.25, 0.3) is 16.6 Å². The molecule has 0 saturated heterocycles. The van der Waals surface area contributed by atoms with E-state index in [0.29, 0.717) is 27.3 Å². The van der Waals surface area contributed by atoms with Gasteiger partial charge in [-0.2, -0.15) is 13.2 Å². The molecule has 1 aromatic heterocycles. The van der Waals surface area contributed by atoms with Gasteiger partial charge in [-0.3, -0.25) is 9.36 Å². The molecule has 0 N–H and O–H groups in total. The molecule has 3 nitrogen and oxygen atoms in total. The largest absolute Gasteiger partial charge is 0.416 e. The Bertz CT molecular complexity index is 1280. The third kappa shape index (κ3) is 3.98. The van der Waals surface area contributed by atoms with Gasteiger partial charge in [0.1, 0.15) is 0 Å². The van der Waals surface area contributed by atoms with Gasteiger partial charge in [-0.15, -0.1) is 0 Å². The van der Waals surface area contributed by atoms with Crippen molar-refractivity contribution in [3.63, 3.8) is 0 Å². The van der Waals surface area contributed by atoms with Gasteiger partial charge in [-0.1, -0.05) is 60.3 Å². The Morgan fingerprint density at radius 1 is 0.967 bits per heavy atom. The first kappa shape index (κ1) is 20.2. The minimum absolute atomic E-state index is 0.207. The van der Waals surface area contributed by atoms with Crippen molar-refractivity contribution in [3.05, 3.63) is 99.8 Å². The zero-order valence-electron chi connectivity index (χ0n) is 16.0. The summed E-state index contributed by atoms with van der Waals surface area (Å²) < 4.78 is 40.6. The number of hydrogen-bond acceptors (Lipinski definition) is 3. The minimum atomic E-state index is -4.40. The Morgan fingerprint density at radius 2 is 1.70 bits per heavy atom. The van der Waals surface area contributed by atoms with Crippen LogP contribution in [0.15, 0.2) is 82.7 Å². The van der Waals surface area contributed by atoms with Crippen molar-refractivity contribution in [1.29, 1.82) is 0 Å². The fraction of sp³-hybridized carbons (Fsp3) is 0.130. The van der Waals surface area contributed by atoms with Crippen molar-refractivity contribution in [2.45, 2.75) is 24.0 Å². The lowest BCUT2D eigenvalue weighted by atomic mass is 10.1. The van der Waals surface area contributed by atoms with Crippen LogP contribution in [0.3, 0.4) is 0 Å². The van der Waals surface area contributed by atoms with E-state index in [9.17, 15) is 18.0 Å². The molecule has 0 amide bonds. The lowest BCUT2D eigenvalue weighted by Crippen LogP contribution is -2.22. The molecular weight excluding hydrogens is 409 g/mol. The Labute approximate surface area is 175 Å². The van der Waals surface area contributed by atoms with E-state index in [1.807, 2.05) is 31.2 Å². The predicted molar refractivity (Wildman–Crippen MR) is 113 cm³/mol. The average molecular weight is 426 g/mol. The van der Waals surface area contributed by atoms with E-state index in [-0.39, 0.29) is 11.3 Å². The average Bonchev–Trinajstić information content (AvgIpc) is 2.73. The van der Waals surface area contributed by atoms with Gasteiger partial charge in [0.05, 0.1) is 22.2 Å².